The Hall–Kier alpha value is -3.45. The maximum absolute atomic E-state index is 13.8. The van der Waals surface area contributed by atoms with Gasteiger partial charge in [-0.3, -0.25) is 4.79 Å². The molecule has 4 aromatic rings. The van der Waals surface area contributed by atoms with E-state index in [1.54, 1.807) is 47.0 Å². The van der Waals surface area contributed by atoms with Gasteiger partial charge < -0.3 is 9.88 Å². The van der Waals surface area contributed by atoms with Gasteiger partial charge in [0.1, 0.15) is 12.4 Å². The minimum atomic E-state index is -3.65. The normalized spacial score (nSPS) is 11.5. The average Bonchev–Trinajstić information content (AvgIpc) is 3.11. The number of amides is 1. The van der Waals surface area contributed by atoms with E-state index in [4.69, 9.17) is 0 Å². The van der Waals surface area contributed by atoms with Crippen molar-refractivity contribution >= 4 is 32.3 Å². The minimum Gasteiger partial charge on any atom is -0.337 e. The van der Waals surface area contributed by atoms with Gasteiger partial charge in [-0.15, -0.1) is 0 Å². The molecule has 4 rings (SSSR count). The van der Waals surface area contributed by atoms with Crippen molar-refractivity contribution in [3.63, 3.8) is 0 Å². The molecule has 3 aromatic carbocycles. The van der Waals surface area contributed by atoms with Gasteiger partial charge in [0, 0.05) is 17.1 Å². The number of aryl methyl sites for hydroxylation is 1. The van der Waals surface area contributed by atoms with E-state index in [1.165, 1.54) is 24.4 Å². The Morgan fingerprint density at radius 2 is 1.65 bits per heavy atom. The quantitative estimate of drug-likeness (QED) is 0.476. The minimum absolute atomic E-state index is 0.0798. The lowest BCUT2D eigenvalue weighted by Gasteiger charge is -2.08. The number of nitrogens with one attached hydrogen (secondary N) is 1. The molecule has 1 N–H and O–H groups in total. The van der Waals surface area contributed by atoms with Crippen molar-refractivity contribution in [3.05, 3.63) is 95.9 Å². The van der Waals surface area contributed by atoms with Crippen LogP contribution in [0.2, 0.25) is 0 Å². The van der Waals surface area contributed by atoms with Crippen molar-refractivity contribution in [3.8, 4) is 0 Å². The third kappa shape index (κ3) is 4.51. The summed E-state index contributed by atoms with van der Waals surface area (Å²) in [4.78, 5) is 12.7. The number of anilines is 1. The average molecular weight is 437 g/mol. The maximum atomic E-state index is 13.8. The second-order valence-corrected chi connectivity index (χ2v) is 9.37. The van der Waals surface area contributed by atoms with Crippen molar-refractivity contribution < 1.29 is 17.6 Å². The number of carbonyl (C=O) groups excluding carboxylic acids is 1. The van der Waals surface area contributed by atoms with Crippen LogP contribution in [-0.4, -0.2) is 18.9 Å². The van der Waals surface area contributed by atoms with Crippen LogP contribution in [0.15, 0.2) is 83.9 Å². The van der Waals surface area contributed by atoms with E-state index < -0.39 is 21.6 Å². The SMILES string of the molecule is Cc1ccc(CS(=O)(=O)c2cn(CC(=O)Nc3ccccc3F)c3ccccc23)cc1. The van der Waals surface area contributed by atoms with Crippen molar-refractivity contribution in [2.45, 2.75) is 24.1 Å². The Balaban J connectivity index is 1.65. The fraction of sp³-hybridized carbons (Fsp3) is 0.125. The lowest BCUT2D eigenvalue weighted by Crippen LogP contribution is -2.19. The lowest BCUT2D eigenvalue weighted by molar-refractivity contribution is -0.116. The molecule has 1 amide bonds. The van der Waals surface area contributed by atoms with Crippen LogP contribution in [-0.2, 0) is 26.9 Å². The molecule has 0 radical (unpaired) electrons. The second kappa shape index (κ2) is 8.35. The van der Waals surface area contributed by atoms with Crippen molar-refractivity contribution in [2.24, 2.45) is 0 Å². The van der Waals surface area contributed by atoms with E-state index >= 15 is 0 Å². The summed E-state index contributed by atoms with van der Waals surface area (Å²) in [6, 6.07) is 20.3. The predicted molar refractivity (Wildman–Crippen MR) is 119 cm³/mol. The van der Waals surface area contributed by atoms with Crippen LogP contribution >= 0.6 is 0 Å². The largest absolute Gasteiger partial charge is 0.337 e. The Morgan fingerprint density at radius 1 is 0.968 bits per heavy atom. The molecule has 7 heteroatoms. The zero-order valence-corrected chi connectivity index (χ0v) is 17.7. The highest BCUT2D eigenvalue weighted by molar-refractivity contribution is 7.90. The number of hydrogen-bond acceptors (Lipinski definition) is 3. The first-order valence-corrected chi connectivity index (χ1v) is 11.4. The van der Waals surface area contributed by atoms with Crippen LogP contribution in [0.5, 0.6) is 0 Å². The number of benzene rings is 3. The standard InChI is InChI=1S/C24H21FN2O3S/c1-17-10-12-18(13-11-17)16-31(29,30)23-14-27(22-9-5-2-6-19(22)23)15-24(28)26-21-8-4-3-7-20(21)25/h2-14H,15-16H2,1H3,(H,26,28). The van der Waals surface area contributed by atoms with Crippen molar-refractivity contribution in [2.75, 3.05) is 5.32 Å². The van der Waals surface area contributed by atoms with Gasteiger partial charge in [0.05, 0.1) is 16.3 Å². The Kier molecular flexibility index (Phi) is 5.61. The highest BCUT2D eigenvalue weighted by Crippen LogP contribution is 2.28. The molecular formula is C24H21FN2O3S. The van der Waals surface area contributed by atoms with E-state index in [-0.39, 0.29) is 22.9 Å². The zero-order valence-electron chi connectivity index (χ0n) is 16.9. The summed E-state index contributed by atoms with van der Waals surface area (Å²) in [6.07, 6.45) is 1.48. The van der Waals surface area contributed by atoms with Crippen LogP contribution in [0.25, 0.3) is 10.9 Å². The number of halogens is 1. The van der Waals surface area contributed by atoms with Gasteiger partial charge >= 0.3 is 0 Å². The first kappa shape index (κ1) is 20.8. The Morgan fingerprint density at radius 3 is 2.39 bits per heavy atom. The van der Waals surface area contributed by atoms with Gasteiger partial charge in [-0.25, -0.2) is 12.8 Å². The van der Waals surface area contributed by atoms with E-state index in [1.807, 2.05) is 19.1 Å². The smallest absolute Gasteiger partial charge is 0.244 e. The van der Waals surface area contributed by atoms with Gasteiger partial charge in [0.2, 0.25) is 5.91 Å². The molecular weight excluding hydrogens is 415 g/mol. The first-order valence-electron chi connectivity index (χ1n) is 9.74. The molecule has 0 bridgehead atoms. The Bertz CT molecular complexity index is 1360. The number of para-hydroxylation sites is 2. The Labute approximate surface area is 180 Å². The summed E-state index contributed by atoms with van der Waals surface area (Å²) in [5.41, 5.74) is 2.45. The maximum Gasteiger partial charge on any atom is 0.244 e. The summed E-state index contributed by atoms with van der Waals surface area (Å²) < 4.78 is 41.8. The highest BCUT2D eigenvalue weighted by atomic mass is 32.2. The van der Waals surface area contributed by atoms with Gasteiger partial charge in [0.25, 0.3) is 0 Å². The molecule has 0 aliphatic heterocycles. The monoisotopic (exact) mass is 436 g/mol. The van der Waals surface area contributed by atoms with Gasteiger partial charge in [0.15, 0.2) is 9.84 Å². The number of hydrogen-bond donors (Lipinski definition) is 1. The number of sulfone groups is 1. The second-order valence-electron chi connectivity index (χ2n) is 7.41. The highest BCUT2D eigenvalue weighted by Gasteiger charge is 2.22. The fourth-order valence-corrected chi connectivity index (χ4v) is 5.06. The van der Waals surface area contributed by atoms with Gasteiger partial charge in [-0.2, -0.15) is 0 Å². The number of fused-ring (bicyclic) bond motifs is 1. The lowest BCUT2D eigenvalue weighted by atomic mass is 10.2. The molecule has 158 valence electrons. The van der Waals surface area contributed by atoms with Crippen LogP contribution < -0.4 is 5.32 Å². The van der Waals surface area contributed by atoms with Crippen LogP contribution in [0.1, 0.15) is 11.1 Å². The molecule has 0 aliphatic carbocycles. The summed E-state index contributed by atoms with van der Waals surface area (Å²) in [7, 11) is -3.65. The van der Waals surface area contributed by atoms with E-state index in [9.17, 15) is 17.6 Å². The number of rotatable bonds is 6. The number of aromatic nitrogens is 1. The molecule has 0 fully saturated rings. The van der Waals surface area contributed by atoms with Gasteiger partial charge in [-0.1, -0.05) is 60.2 Å². The van der Waals surface area contributed by atoms with Crippen LogP contribution in [0.4, 0.5) is 10.1 Å². The van der Waals surface area contributed by atoms with Gasteiger partial charge in [-0.05, 0) is 30.7 Å². The molecule has 0 atom stereocenters. The van der Waals surface area contributed by atoms with E-state index in [0.717, 1.165) is 5.56 Å². The molecule has 0 spiro atoms. The molecule has 0 saturated heterocycles. The number of nitrogens with zero attached hydrogens (tertiary/aromatic N) is 1. The third-order valence-corrected chi connectivity index (χ3v) is 6.74. The first-order chi connectivity index (χ1) is 14.8. The predicted octanol–water partition coefficient (Wildman–Crippen LogP) is 4.70. The van der Waals surface area contributed by atoms with Crippen LogP contribution in [0, 0.1) is 12.7 Å². The van der Waals surface area contributed by atoms with E-state index in [0.29, 0.717) is 16.5 Å². The summed E-state index contributed by atoms with van der Waals surface area (Å²) in [5, 5.41) is 3.08. The molecule has 5 nitrogen and oxygen atoms in total. The van der Waals surface area contributed by atoms with Crippen molar-refractivity contribution in [1.29, 1.82) is 0 Å². The molecule has 0 unspecified atom stereocenters. The third-order valence-electron chi connectivity index (χ3n) is 5.03. The molecule has 1 heterocycles. The molecule has 0 aliphatic rings. The van der Waals surface area contributed by atoms with E-state index in [2.05, 4.69) is 5.32 Å². The summed E-state index contributed by atoms with van der Waals surface area (Å²) in [5.74, 6) is -1.12. The zero-order chi connectivity index (χ0) is 22.0. The molecule has 1 aromatic heterocycles. The topological polar surface area (TPSA) is 68.2 Å². The fourth-order valence-electron chi connectivity index (χ4n) is 3.48. The molecule has 31 heavy (non-hydrogen) atoms. The van der Waals surface area contributed by atoms with Crippen LogP contribution in [0.3, 0.4) is 0 Å². The number of carbonyl (C=O) groups is 1. The van der Waals surface area contributed by atoms with Crippen molar-refractivity contribution in [1.82, 2.24) is 4.57 Å². The molecule has 0 saturated carbocycles. The summed E-state index contributed by atoms with van der Waals surface area (Å²) >= 11 is 0. The summed E-state index contributed by atoms with van der Waals surface area (Å²) in [6.45, 7) is 1.80.